The number of fused-ring (bicyclic) bond motifs is 2. The molecule has 0 atom stereocenters. The van der Waals surface area contributed by atoms with Gasteiger partial charge in [-0.3, -0.25) is 0 Å². The highest BCUT2D eigenvalue weighted by Crippen LogP contribution is 2.21. The third-order valence-corrected chi connectivity index (χ3v) is 2.61. The molecule has 0 nitrogen and oxygen atoms in total. The third-order valence-electron chi connectivity index (χ3n) is 2.61. The molecule has 3 rings (SSSR count). The molecule has 0 N–H and O–H groups in total. The highest BCUT2D eigenvalue weighted by Gasteiger charge is 1.95. The van der Waals surface area contributed by atoms with Crippen molar-refractivity contribution in [2.24, 2.45) is 0 Å². The second-order valence-electron chi connectivity index (χ2n) is 3.55. The zero-order chi connectivity index (χ0) is 9.38. The van der Waals surface area contributed by atoms with E-state index in [1.54, 1.807) is 0 Å². The SMILES string of the molecule is S.c1ccc2cc3ccccc3cc2c1. The molecule has 0 aliphatic carbocycles. The molecule has 1 heteroatoms. The number of benzene rings is 3. The Morgan fingerprint density at radius 2 is 0.733 bits per heavy atom. The molecule has 0 saturated carbocycles. The molecule has 0 amide bonds. The molecule has 0 radical (unpaired) electrons. The van der Waals surface area contributed by atoms with Crippen LogP contribution >= 0.6 is 13.5 Å². The minimum absolute atomic E-state index is 0. The first-order valence-electron chi connectivity index (χ1n) is 4.81. The summed E-state index contributed by atoms with van der Waals surface area (Å²) in [5.74, 6) is 0. The summed E-state index contributed by atoms with van der Waals surface area (Å²) in [4.78, 5) is 0. The predicted molar refractivity (Wildman–Crippen MR) is 71.8 cm³/mol. The first-order valence-corrected chi connectivity index (χ1v) is 4.81. The molecule has 0 bridgehead atoms. The van der Waals surface area contributed by atoms with Crippen LogP contribution in [-0.2, 0) is 0 Å². The molecule has 3 aromatic rings. The minimum atomic E-state index is 0. The summed E-state index contributed by atoms with van der Waals surface area (Å²) in [5.41, 5.74) is 0. The maximum atomic E-state index is 2.24. The zero-order valence-corrected chi connectivity index (χ0v) is 9.27. The van der Waals surface area contributed by atoms with E-state index in [4.69, 9.17) is 0 Å². The van der Waals surface area contributed by atoms with E-state index in [9.17, 15) is 0 Å². The van der Waals surface area contributed by atoms with Gasteiger partial charge in [0.2, 0.25) is 0 Å². The maximum Gasteiger partial charge on any atom is -0.0178 e. The van der Waals surface area contributed by atoms with Crippen LogP contribution in [-0.4, -0.2) is 0 Å². The van der Waals surface area contributed by atoms with Gasteiger partial charge in [-0.25, -0.2) is 0 Å². The molecule has 0 aromatic heterocycles. The van der Waals surface area contributed by atoms with Crippen molar-refractivity contribution < 1.29 is 0 Å². The van der Waals surface area contributed by atoms with Gasteiger partial charge in [-0.05, 0) is 33.7 Å². The molecule has 0 fully saturated rings. The Labute approximate surface area is 96.0 Å². The molecule has 15 heavy (non-hydrogen) atoms. The van der Waals surface area contributed by atoms with E-state index in [1.807, 2.05) is 0 Å². The van der Waals surface area contributed by atoms with Crippen molar-refractivity contribution in [1.29, 1.82) is 0 Å². The van der Waals surface area contributed by atoms with Crippen molar-refractivity contribution in [2.75, 3.05) is 0 Å². The molecule has 3 aromatic carbocycles. The van der Waals surface area contributed by atoms with Gasteiger partial charge in [-0.1, -0.05) is 48.5 Å². The van der Waals surface area contributed by atoms with Crippen LogP contribution in [0.5, 0.6) is 0 Å². The predicted octanol–water partition coefficient (Wildman–Crippen LogP) is 4.11. The smallest absolute Gasteiger partial charge is 0.0178 e. The minimum Gasteiger partial charge on any atom is -0.197 e. The molecular weight excluding hydrogens is 200 g/mol. The van der Waals surface area contributed by atoms with Gasteiger partial charge < -0.3 is 0 Å². The van der Waals surface area contributed by atoms with E-state index in [1.165, 1.54) is 21.5 Å². The fourth-order valence-electron chi connectivity index (χ4n) is 1.88. The number of rotatable bonds is 0. The molecule has 0 spiro atoms. The average Bonchev–Trinajstić information content (AvgIpc) is 2.26. The second-order valence-corrected chi connectivity index (χ2v) is 3.55. The zero-order valence-electron chi connectivity index (χ0n) is 8.27. The Hall–Kier alpha value is -1.47. The fourth-order valence-corrected chi connectivity index (χ4v) is 1.88. The van der Waals surface area contributed by atoms with Crippen molar-refractivity contribution in [3.05, 3.63) is 60.7 Å². The molecule has 0 aliphatic heterocycles. The lowest BCUT2D eigenvalue weighted by Gasteiger charge is -2.00. The van der Waals surface area contributed by atoms with E-state index >= 15 is 0 Å². The van der Waals surface area contributed by atoms with E-state index in [0.29, 0.717) is 0 Å². The highest BCUT2D eigenvalue weighted by molar-refractivity contribution is 7.59. The molecule has 74 valence electrons. The van der Waals surface area contributed by atoms with Gasteiger partial charge in [-0.2, -0.15) is 13.5 Å². The van der Waals surface area contributed by atoms with Gasteiger partial charge >= 0.3 is 0 Å². The van der Waals surface area contributed by atoms with Crippen LogP contribution in [0.25, 0.3) is 21.5 Å². The van der Waals surface area contributed by atoms with Gasteiger partial charge in [-0.15, -0.1) is 0 Å². The molecule has 0 unspecified atom stereocenters. The summed E-state index contributed by atoms with van der Waals surface area (Å²) >= 11 is 0. The van der Waals surface area contributed by atoms with E-state index in [-0.39, 0.29) is 13.5 Å². The quantitative estimate of drug-likeness (QED) is 0.492. The molecule has 0 heterocycles. The topological polar surface area (TPSA) is 0 Å². The molecule has 0 saturated heterocycles. The van der Waals surface area contributed by atoms with Crippen LogP contribution in [0.3, 0.4) is 0 Å². The Bertz CT molecular complexity index is 494. The van der Waals surface area contributed by atoms with Crippen molar-refractivity contribution in [1.82, 2.24) is 0 Å². The lowest BCUT2D eigenvalue weighted by atomic mass is 10.0. The lowest BCUT2D eigenvalue weighted by molar-refractivity contribution is 1.76. The molecule has 0 aliphatic rings. The van der Waals surface area contributed by atoms with Gasteiger partial charge in [0.25, 0.3) is 0 Å². The summed E-state index contributed by atoms with van der Waals surface area (Å²) in [6, 6.07) is 21.4. The van der Waals surface area contributed by atoms with Gasteiger partial charge in [0.1, 0.15) is 0 Å². The highest BCUT2D eigenvalue weighted by atomic mass is 32.1. The van der Waals surface area contributed by atoms with Crippen molar-refractivity contribution in [3.8, 4) is 0 Å². The van der Waals surface area contributed by atoms with Crippen LogP contribution in [0.1, 0.15) is 0 Å². The maximum absolute atomic E-state index is 2.24. The van der Waals surface area contributed by atoms with Crippen LogP contribution < -0.4 is 0 Å². The number of hydrogen-bond acceptors (Lipinski definition) is 0. The van der Waals surface area contributed by atoms with Gasteiger partial charge in [0.05, 0.1) is 0 Å². The Morgan fingerprint density at radius 1 is 0.467 bits per heavy atom. The second kappa shape index (κ2) is 3.95. The normalized spacial score (nSPS) is 10.1. The van der Waals surface area contributed by atoms with E-state index in [0.717, 1.165) is 0 Å². The summed E-state index contributed by atoms with van der Waals surface area (Å²) in [6.45, 7) is 0. The van der Waals surface area contributed by atoms with E-state index < -0.39 is 0 Å². The van der Waals surface area contributed by atoms with Crippen LogP contribution in [0, 0.1) is 0 Å². The third kappa shape index (κ3) is 1.71. The van der Waals surface area contributed by atoms with Crippen molar-refractivity contribution >= 4 is 35.0 Å². The Balaban J connectivity index is 0.000000853. The van der Waals surface area contributed by atoms with Crippen LogP contribution in [0.4, 0.5) is 0 Å². The van der Waals surface area contributed by atoms with Gasteiger partial charge in [0, 0.05) is 0 Å². The lowest BCUT2D eigenvalue weighted by Crippen LogP contribution is -1.74. The van der Waals surface area contributed by atoms with E-state index in [2.05, 4.69) is 60.7 Å². The Morgan fingerprint density at radius 3 is 1.00 bits per heavy atom. The fraction of sp³-hybridized carbons (Fsp3) is 0. The monoisotopic (exact) mass is 212 g/mol. The standard InChI is InChI=1S/C14H10.H2S/c1-2-6-12-10-14-8-4-3-7-13(14)9-11(12)5-1;/h1-10H;1H2. The Kier molecular flexibility index (Phi) is 2.65. The van der Waals surface area contributed by atoms with Crippen LogP contribution in [0.2, 0.25) is 0 Å². The first kappa shape index (κ1) is 10.1. The summed E-state index contributed by atoms with van der Waals surface area (Å²) in [7, 11) is 0. The van der Waals surface area contributed by atoms with Crippen molar-refractivity contribution in [3.63, 3.8) is 0 Å². The first-order chi connectivity index (χ1) is 6.93. The van der Waals surface area contributed by atoms with Gasteiger partial charge in [0.15, 0.2) is 0 Å². The largest absolute Gasteiger partial charge is 0.197 e. The van der Waals surface area contributed by atoms with Crippen molar-refractivity contribution in [2.45, 2.75) is 0 Å². The van der Waals surface area contributed by atoms with Crippen LogP contribution in [0.15, 0.2) is 60.7 Å². The molecular formula is C14H12S. The summed E-state index contributed by atoms with van der Waals surface area (Å²) in [6.07, 6.45) is 0. The summed E-state index contributed by atoms with van der Waals surface area (Å²) < 4.78 is 0. The average molecular weight is 212 g/mol. The summed E-state index contributed by atoms with van der Waals surface area (Å²) in [5, 5.41) is 5.25. The number of hydrogen-bond donors (Lipinski definition) is 0.